The molecule has 2 aliphatic rings. The molecule has 1 saturated carbocycles. The van der Waals surface area contributed by atoms with Crippen LogP contribution < -0.4 is 5.32 Å². The Morgan fingerprint density at radius 1 is 1.24 bits per heavy atom. The Morgan fingerprint density at radius 3 is 2.47 bits per heavy atom. The second-order valence-corrected chi connectivity index (χ2v) is 5.38. The van der Waals surface area contributed by atoms with E-state index >= 15 is 0 Å². The number of hydrogen-bond donors (Lipinski definition) is 2. The molecule has 4 nitrogen and oxygen atoms in total. The van der Waals surface area contributed by atoms with Crippen LogP contribution in [0.5, 0.6) is 0 Å². The highest BCUT2D eigenvalue weighted by molar-refractivity contribution is 5.78. The largest absolute Gasteiger partial charge is 0.480 e. The van der Waals surface area contributed by atoms with E-state index in [9.17, 15) is 9.90 Å². The fourth-order valence-corrected chi connectivity index (χ4v) is 2.92. The summed E-state index contributed by atoms with van der Waals surface area (Å²) in [6.45, 7) is 1.97. The smallest absolute Gasteiger partial charge is 0.324 e. The molecule has 1 saturated heterocycles. The van der Waals surface area contributed by atoms with Gasteiger partial charge in [0, 0.05) is 13.2 Å². The molecule has 4 heteroatoms. The van der Waals surface area contributed by atoms with Crippen LogP contribution in [-0.2, 0) is 9.53 Å². The molecule has 1 aliphatic heterocycles. The zero-order valence-electron chi connectivity index (χ0n) is 10.4. The quantitative estimate of drug-likeness (QED) is 0.788. The average molecular weight is 241 g/mol. The molecule has 0 aromatic heterocycles. The summed E-state index contributed by atoms with van der Waals surface area (Å²) >= 11 is 0. The van der Waals surface area contributed by atoms with Gasteiger partial charge in [-0.25, -0.2) is 0 Å². The molecule has 2 N–H and O–H groups in total. The Balaban J connectivity index is 1.86. The Kier molecular flexibility index (Phi) is 4.40. The Morgan fingerprint density at radius 2 is 1.88 bits per heavy atom. The van der Waals surface area contributed by atoms with Gasteiger partial charge in [-0.15, -0.1) is 0 Å². The number of ether oxygens (including phenoxy) is 1. The summed E-state index contributed by atoms with van der Waals surface area (Å²) in [6.07, 6.45) is 7.63. The molecule has 2 fully saturated rings. The first-order valence-corrected chi connectivity index (χ1v) is 6.79. The van der Waals surface area contributed by atoms with E-state index < -0.39 is 11.5 Å². The van der Waals surface area contributed by atoms with Crippen LogP contribution in [0.4, 0.5) is 0 Å². The van der Waals surface area contributed by atoms with Crippen LogP contribution in [-0.4, -0.2) is 36.4 Å². The third-order valence-electron chi connectivity index (χ3n) is 4.21. The zero-order chi connectivity index (χ0) is 12.1. The molecular formula is C13H23NO3. The van der Waals surface area contributed by atoms with Gasteiger partial charge in [-0.1, -0.05) is 19.3 Å². The molecule has 0 unspecified atom stereocenters. The van der Waals surface area contributed by atoms with Gasteiger partial charge in [0.2, 0.25) is 0 Å². The van der Waals surface area contributed by atoms with Gasteiger partial charge in [-0.3, -0.25) is 4.79 Å². The van der Waals surface area contributed by atoms with E-state index in [2.05, 4.69) is 5.32 Å². The normalized spacial score (nSPS) is 25.6. The molecule has 0 spiro atoms. The molecular weight excluding hydrogens is 218 g/mol. The number of carbonyl (C=O) groups is 1. The number of rotatable bonds is 4. The van der Waals surface area contributed by atoms with Crippen molar-refractivity contribution >= 4 is 5.97 Å². The van der Waals surface area contributed by atoms with E-state index in [4.69, 9.17) is 4.74 Å². The first-order valence-electron chi connectivity index (χ1n) is 6.79. The molecule has 0 radical (unpaired) electrons. The standard InChI is InChI=1S/C13H23NO3/c15-12(16)13(6-8-17-9-7-13)14-10-11-4-2-1-3-5-11/h11,14H,1-10H2,(H,15,16). The molecule has 0 aromatic carbocycles. The van der Waals surface area contributed by atoms with E-state index in [1.54, 1.807) is 0 Å². The lowest BCUT2D eigenvalue weighted by Gasteiger charge is -2.36. The number of hydrogen-bond acceptors (Lipinski definition) is 3. The molecule has 0 amide bonds. The highest BCUT2D eigenvalue weighted by Crippen LogP contribution is 2.26. The van der Waals surface area contributed by atoms with Gasteiger partial charge in [0.15, 0.2) is 0 Å². The van der Waals surface area contributed by atoms with Gasteiger partial charge in [-0.05, 0) is 38.1 Å². The second kappa shape index (κ2) is 5.83. The molecule has 1 aliphatic carbocycles. The molecule has 2 rings (SSSR count). The van der Waals surface area contributed by atoms with Gasteiger partial charge in [0.05, 0.1) is 0 Å². The first-order chi connectivity index (χ1) is 8.23. The zero-order valence-corrected chi connectivity index (χ0v) is 10.4. The SMILES string of the molecule is O=C(O)C1(NCC2CCCCC2)CCOCC1. The maximum atomic E-state index is 11.4. The summed E-state index contributed by atoms with van der Waals surface area (Å²) in [5.74, 6) is -0.0422. The van der Waals surface area contributed by atoms with E-state index in [-0.39, 0.29) is 0 Å². The van der Waals surface area contributed by atoms with Crippen LogP contribution in [0.3, 0.4) is 0 Å². The third kappa shape index (κ3) is 3.19. The van der Waals surface area contributed by atoms with Crippen molar-refractivity contribution in [1.29, 1.82) is 0 Å². The van der Waals surface area contributed by atoms with Crippen LogP contribution in [0.1, 0.15) is 44.9 Å². The predicted molar refractivity (Wildman–Crippen MR) is 65.0 cm³/mol. The van der Waals surface area contributed by atoms with Gasteiger partial charge >= 0.3 is 5.97 Å². The summed E-state index contributed by atoms with van der Waals surface area (Å²) in [4.78, 5) is 11.4. The monoisotopic (exact) mass is 241 g/mol. The number of aliphatic carboxylic acids is 1. The summed E-state index contributed by atoms with van der Waals surface area (Å²) in [5.41, 5.74) is -0.726. The van der Waals surface area contributed by atoms with E-state index in [0.717, 1.165) is 6.54 Å². The predicted octanol–water partition coefficient (Wildman–Crippen LogP) is 1.79. The maximum Gasteiger partial charge on any atom is 0.324 e. The van der Waals surface area contributed by atoms with Gasteiger partial charge in [0.1, 0.15) is 5.54 Å². The minimum atomic E-state index is -0.726. The van der Waals surface area contributed by atoms with Crippen molar-refractivity contribution in [3.05, 3.63) is 0 Å². The lowest BCUT2D eigenvalue weighted by Crippen LogP contribution is -2.56. The average Bonchev–Trinajstić information content (AvgIpc) is 2.38. The first kappa shape index (κ1) is 12.8. The molecule has 0 bridgehead atoms. The van der Waals surface area contributed by atoms with Crippen LogP contribution in [0.25, 0.3) is 0 Å². The van der Waals surface area contributed by atoms with Crippen LogP contribution in [0.15, 0.2) is 0 Å². The second-order valence-electron chi connectivity index (χ2n) is 5.38. The Bertz CT molecular complexity index is 255. The molecule has 1 heterocycles. The van der Waals surface area contributed by atoms with Crippen molar-refractivity contribution in [1.82, 2.24) is 5.32 Å². The topological polar surface area (TPSA) is 58.6 Å². The van der Waals surface area contributed by atoms with Crippen molar-refractivity contribution < 1.29 is 14.6 Å². The number of nitrogens with one attached hydrogen (secondary N) is 1. The van der Waals surface area contributed by atoms with E-state index in [0.29, 0.717) is 32.0 Å². The van der Waals surface area contributed by atoms with Crippen LogP contribution >= 0.6 is 0 Å². The summed E-state index contributed by atoms with van der Waals surface area (Å²) in [7, 11) is 0. The van der Waals surface area contributed by atoms with Crippen LogP contribution in [0, 0.1) is 5.92 Å². The molecule has 0 aromatic rings. The summed E-state index contributed by atoms with van der Waals surface area (Å²) in [6, 6.07) is 0. The van der Waals surface area contributed by atoms with E-state index in [1.807, 2.05) is 0 Å². The molecule has 0 atom stereocenters. The highest BCUT2D eigenvalue weighted by Gasteiger charge is 2.40. The fourth-order valence-electron chi connectivity index (χ4n) is 2.92. The van der Waals surface area contributed by atoms with Crippen molar-refractivity contribution in [2.45, 2.75) is 50.5 Å². The minimum absolute atomic E-state index is 0.559. The number of carboxylic acids is 1. The molecule has 17 heavy (non-hydrogen) atoms. The lowest BCUT2D eigenvalue weighted by atomic mass is 9.86. The number of carboxylic acid groups (broad SMARTS) is 1. The van der Waals surface area contributed by atoms with Gasteiger partial charge in [-0.2, -0.15) is 0 Å². The lowest BCUT2D eigenvalue weighted by molar-refractivity contribution is -0.149. The third-order valence-corrected chi connectivity index (χ3v) is 4.21. The molecule has 98 valence electrons. The summed E-state index contributed by atoms with van der Waals surface area (Å²) in [5, 5.41) is 12.7. The van der Waals surface area contributed by atoms with Gasteiger partial charge in [0.25, 0.3) is 0 Å². The summed E-state index contributed by atoms with van der Waals surface area (Å²) < 4.78 is 5.26. The fraction of sp³-hybridized carbons (Fsp3) is 0.923. The minimum Gasteiger partial charge on any atom is -0.480 e. The maximum absolute atomic E-state index is 11.4. The van der Waals surface area contributed by atoms with Crippen LogP contribution in [0.2, 0.25) is 0 Å². The van der Waals surface area contributed by atoms with Crippen molar-refractivity contribution in [2.24, 2.45) is 5.92 Å². The highest BCUT2D eigenvalue weighted by atomic mass is 16.5. The van der Waals surface area contributed by atoms with Crippen molar-refractivity contribution in [3.8, 4) is 0 Å². The van der Waals surface area contributed by atoms with Crippen molar-refractivity contribution in [2.75, 3.05) is 19.8 Å². The Hall–Kier alpha value is -0.610. The van der Waals surface area contributed by atoms with Gasteiger partial charge < -0.3 is 15.2 Å². The Labute approximate surface area is 103 Å². The van der Waals surface area contributed by atoms with Crippen molar-refractivity contribution in [3.63, 3.8) is 0 Å². The van der Waals surface area contributed by atoms with E-state index in [1.165, 1.54) is 32.1 Å².